The predicted octanol–water partition coefficient (Wildman–Crippen LogP) is -0.643. The average Bonchev–Trinajstić information content (AvgIpc) is 2.10. The second kappa shape index (κ2) is 8.58. The molecule has 7 heteroatoms. The fourth-order valence-electron chi connectivity index (χ4n) is 0.803. The molecule has 0 rings (SSSR count). The van der Waals surface area contributed by atoms with Crippen molar-refractivity contribution in [1.82, 2.24) is 5.32 Å². The highest BCUT2D eigenvalue weighted by atomic mass is 35.5. The van der Waals surface area contributed by atoms with Crippen LogP contribution in [0.3, 0.4) is 0 Å². The first-order chi connectivity index (χ1) is 6.07. The topological polar surface area (TPSA) is 107 Å². The molecule has 1 atom stereocenters. The van der Waals surface area contributed by atoms with E-state index in [9.17, 15) is 9.59 Å². The molecule has 0 aromatic rings. The maximum Gasteiger partial charge on any atom is 0.322 e. The van der Waals surface area contributed by atoms with Crippen molar-refractivity contribution < 1.29 is 14.3 Å². The SMILES string of the molecule is COC(=O)[C@@H](N)CCCNC(N)=O.Cl. The lowest BCUT2D eigenvalue weighted by molar-refractivity contribution is -0.142. The monoisotopic (exact) mass is 225 g/mol. The molecular formula is C7H16ClN3O3. The van der Waals surface area contributed by atoms with Gasteiger partial charge in [0.05, 0.1) is 7.11 Å². The highest BCUT2D eigenvalue weighted by molar-refractivity contribution is 5.85. The number of carbonyl (C=O) groups is 2. The third kappa shape index (κ3) is 7.63. The standard InChI is InChI=1S/C7H15N3O3.ClH/c1-13-6(11)5(8)3-2-4-10-7(9)12;/h5H,2-4,8H2,1H3,(H3,9,10,12);1H/t5-;/m0./s1. The summed E-state index contributed by atoms with van der Waals surface area (Å²) < 4.78 is 4.41. The molecule has 5 N–H and O–H groups in total. The molecule has 0 aliphatic heterocycles. The van der Waals surface area contributed by atoms with Gasteiger partial charge in [0.1, 0.15) is 6.04 Å². The molecule has 0 bridgehead atoms. The van der Waals surface area contributed by atoms with Gasteiger partial charge in [-0.25, -0.2) is 4.79 Å². The second-order valence-electron chi connectivity index (χ2n) is 2.56. The highest BCUT2D eigenvalue weighted by Gasteiger charge is 2.12. The van der Waals surface area contributed by atoms with E-state index in [1.165, 1.54) is 7.11 Å². The van der Waals surface area contributed by atoms with Crippen molar-refractivity contribution in [3.8, 4) is 0 Å². The van der Waals surface area contributed by atoms with E-state index in [0.717, 1.165) is 0 Å². The number of nitrogens with two attached hydrogens (primary N) is 2. The molecule has 0 fully saturated rings. The van der Waals surface area contributed by atoms with Crippen LogP contribution in [0.5, 0.6) is 0 Å². The quantitative estimate of drug-likeness (QED) is 0.427. The molecule has 0 saturated heterocycles. The molecule has 0 spiro atoms. The third-order valence-electron chi connectivity index (χ3n) is 1.50. The van der Waals surface area contributed by atoms with Gasteiger partial charge < -0.3 is 21.5 Å². The Bertz CT molecular complexity index is 189. The summed E-state index contributed by atoms with van der Waals surface area (Å²) in [5.41, 5.74) is 10.2. The van der Waals surface area contributed by atoms with Crippen LogP contribution in [0.1, 0.15) is 12.8 Å². The Morgan fingerprint density at radius 1 is 1.50 bits per heavy atom. The Balaban J connectivity index is 0. The molecule has 6 nitrogen and oxygen atoms in total. The summed E-state index contributed by atoms with van der Waals surface area (Å²) in [6.07, 6.45) is 1.06. The number of amides is 2. The zero-order valence-electron chi connectivity index (χ0n) is 7.99. The van der Waals surface area contributed by atoms with Gasteiger partial charge in [-0.1, -0.05) is 0 Å². The first kappa shape index (κ1) is 15.5. The molecule has 0 heterocycles. The number of urea groups is 1. The van der Waals surface area contributed by atoms with Gasteiger partial charge in [-0.05, 0) is 12.8 Å². The van der Waals surface area contributed by atoms with Crippen molar-refractivity contribution in [2.75, 3.05) is 13.7 Å². The Hall–Kier alpha value is -1.01. The molecule has 0 aromatic carbocycles. The van der Waals surface area contributed by atoms with E-state index in [4.69, 9.17) is 11.5 Å². The normalized spacial score (nSPS) is 11.0. The summed E-state index contributed by atoms with van der Waals surface area (Å²) in [7, 11) is 1.28. The van der Waals surface area contributed by atoms with Gasteiger partial charge in [0.25, 0.3) is 0 Å². The fourth-order valence-corrected chi connectivity index (χ4v) is 0.803. The summed E-state index contributed by atoms with van der Waals surface area (Å²) in [5.74, 6) is -0.445. The lowest BCUT2D eigenvalue weighted by Crippen LogP contribution is -2.34. The van der Waals surface area contributed by atoms with Gasteiger partial charge in [0.2, 0.25) is 0 Å². The van der Waals surface area contributed by atoms with E-state index in [1.54, 1.807) is 0 Å². The van der Waals surface area contributed by atoms with Crippen LogP contribution in [-0.4, -0.2) is 31.7 Å². The fraction of sp³-hybridized carbons (Fsp3) is 0.714. The van der Waals surface area contributed by atoms with Gasteiger partial charge in [-0.3, -0.25) is 4.79 Å². The largest absolute Gasteiger partial charge is 0.468 e. The predicted molar refractivity (Wildman–Crippen MR) is 54.1 cm³/mol. The van der Waals surface area contributed by atoms with Gasteiger partial charge >= 0.3 is 12.0 Å². The molecule has 0 radical (unpaired) electrons. The van der Waals surface area contributed by atoms with Gasteiger partial charge in [-0.2, -0.15) is 0 Å². The molecule has 84 valence electrons. The van der Waals surface area contributed by atoms with E-state index in [1.807, 2.05) is 0 Å². The zero-order valence-corrected chi connectivity index (χ0v) is 8.80. The summed E-state index contributed by atoms with van der Waals surface area (Å²) in [6, 6.07) is -1.20. The average molecular weight is 226 g/mol. The molecule has 0 aliphatic rings. The smallest absolute Gasteiger partial charge is 0.322 e. The van der Waals surface area contributed by atoms with Crippen LogP contribution in [0.4, 0.5) is 4.79 Å². The number of methoxy groups -OCH3 is 1. The minimum Gasteiger partial charge on any atom is -0.468 e. The molecule has 0 saturated carbocycles. The van der Waals surface area contributed by atoms with E-state index in [2.05, 4.69) is 10.1 Å². The zero-order chi connectivity index (χ0) is 10.3. The number of hydrogen-bond donors (Lipinski definition) is 3. The summed E-state index contributed by atoms with van der Waals surface area (Å²) >= 11 is 0. The molecule has 2 amide bonds. The maximum absolute atomic E-state index is 10.8. The summed E-state index contributed by atoms with van der Waals surface area (Å²) in [5, 5.41) is 2.39. The van der Waals surface area contributed by atoms with E-state index < -0.39 is 18.0 Å². The highest BCUT2D eigenvalue weighted by Crippen LogP contribution is 1.94. The number of hydrogen-bond acceptors (Lipinski definition) is 4. The van der Waals surface area contributed by atoms with Crippen molar-refractivity contribution in [3.05, 3.63) is 0 Å². The summed E-state index contributed by atoms with van der Waals surface area (Å²) in [6.45, 7) is 0.417. The number of ether oxygens (including phenoxy) is 1. The Morgan fingerprint density at radius 2 is 2.07 bits per heavy atom. The second-order valence-corrected chi connectivity index (χ2v) is 2.56. The number of rotatable bonds is 5. The van der Waals surface area contributed by atoms with Crippen LogP contribution >= 0.6 is 12.4 Å². The van der Waals surface area contributed by atoms with Crippen molar-refractivity contribution in [1.29, 1.82) is 0 Å². The van der Waals surface area contributed by atoms with Crippen LogP contribution in [0, 0.1) is 0 Å². The van der Waals surface area contributed by atoms with Crippen molar-refractivity contribution in [2.45, 2.75) is 18.9 Å². The minimum atomic E-state index is -0.625. The van der Waals surface area contributed by atoms with Crippen molar-refractivity contribution in [2.24, 2.45) is 11.5 Å². The van der Waals surface area contributed by atoms with Crippen LogP contribution < -0.4 is 16.8 Å². The van der Waals surface area contributed by atoms with Crippen LogP contribution in [0.2, 0.25) is 0 Å². The van der Waals surface area contributed by atoms with Gasteiger partial charge in [-0.15, -0.1) is 12.4 Å². The van der Waals surface area contributed by atoms with Crippen molar-refractivity contribution in [3.63, 3.8) is 0 Å². The Kier molecular flexibility index (Phi) is 9.48. The molecule has 14 heavy (non-hydrogen) atoms. The Morgan fingerprint density at radius 3 is 2.50 bits per heavy atom. The number of halogens is 1. The van der Waals surface area contributed by atoms with Crippen LogP contribution in [0.25, 0.3) is 0 Å². The first-order valence-corrected chi connectivity index (χ1v) is 3.94. The van der Waals surface area contributed by atoms with E-state index in [0.29, 0.717) is 19.4 Å². The molecule has 0 aliphatic carbocycles. The van der Waals surface area contributed by atoms with Crippen LogP contribution in [-0.2, 0) is 9.53 Å². The van der Waals surface area contributed by atoms with Crippen molar-refractivity contribution >= 4 is 24.4 Å². The van der Waals surface area contributed by atoms with Gasteiger partial charge in [0, 0.05) is 6.54 Å². The number of nitrogens with one attached hydrogen (secondary N) is 1. The number of primary amides is 1. The lowest BCUT2D eigenvalue weighted by atomic mass is 10.2. The molecule has 0 aromatic heterocycles. The van der Waals surface area contributed by atoms with E-state index >= 15 is 0 Å². The number of esters is 1. The first-order valence-electron chi connectivity index (χ1n) is 3.94. The lowest BCUT2D eigenvalue weighted by Gasteiger charge is -2.08. The molecule has 0 unspecified atom stereocenters. The summed E-state index contributed by atoms with van der Waals surface area (Å²) in [4.78, 5) is 21.0. The van der Waals surface area contributed by atoms with E-state index in [-0.39, 0.29) is 12.4 Å². The minimum absolute atomic E-state index is 0. The Labute approximate surface area is 88.7 Å². The molecular weight excluding hydrogens is 210 g/mol. The number of carbonyl (C=O) groups excluding carboxylic acids is 2. The third-order valence-corrected chi connectivity index (χ3v) is 1.50. The maximum atomic E-state index is 10.8. The van der Waals surface area contributed by atoms with Gasteiger partial charge in [0.15, 0.2) is 0 Å². The van der Waals surface area contributed by atoms with Crippen LogP contribution in [0.15, 0.2) is 0 Å².